The van der Waals surface area contributed by atoms with Crippen molar-refractivity contribution >= 4 is 34.8 Å². The third-order valence-corrected chi connectivity index (χ3v) is 2.87. The molecule has 0 saturated carbocycles. The van der Waals surface area contributed by atoms with Gasteiger partial charge < -0.3 is 15.4 Å². The van der Waals surface area contributed by atoms with Crippen LogP contribution in [0.3, 0.4) is 0 Å². The van der Waals surface area contributed by atoms with Crippen LogP contribution in [0, 0.1) is 0 Å². The molecule has 0 bridgehead atoms. The molecule has 1 heterocycles. The Morgan fingerprint density at radius 2 is 2.06 bits per heavy atom. The van der Waals surface area contributed by atoms with Crippen molar-refractivity contribution in [3.63, 3.8) is 0 Å². The summed E-state index contributed by atoms with van der Waals surface area (Å²) in [5.41, 5.74) is 1.56. The minimum absolute atomic E-state index is 0.352. The van der Waals surface area contributed by atoms with Gasteiger partial charge in [0.05, 0.1) is 15.6 Å². The predicted molar refractivity (Wildman–Crippen MR) is 76.3 cm³/mol. The highest BCUT2D eigenvalue weighted by Crippen LogP contribution is 2.31. The van der Waals surface area contributed by atoms with Crippen LogP contribution in [0.15, 0.2) is 6.07 Å². The fourth-order valence-corrected chi connectivity index (χ4v) is 2.12. The quantitative estimate of drug-likeness (QED) is 0.573. The first-order chi connectivity index (χ1) is 8.28. The molecule has 4 N–H and O–H groups in total. The van der Waals surface area contributed by atoms with Gasteiger partial charge in [-0.05, 0) is 26.8 Å². The molecule has 5 nitrogen and oxygen atoms in total. The normalized spacial score (nSPS) is 11.5. The molecule has 0 amide bonds. The van der Waals surface area contributed by atoms with Crippen LogP contribution in [0.25, 0.3) is 0 Å². The lowest BCUT2D eigenvalue weighted by molar-refractivity contribution is 0.0874. The maximum atomic E-state index is 9.87. The van der Waals surface area contributed by atoms with Crippen LogP contribution in [0.4, 0.5) is 11.6 Å². The minimum Gasteiger partial charge on any atom is -0.389 e. The first-order valence-corrected chi connectivity index (χ1v) is 6.34. The first kappa shape index (κ1) is 15.3. The number of nitrogens with one attached hydrogen (secondary N) is 1. The molecule has 0 atom stereocenters. The number of rotatable bonds is 5. The number of pyridine rings is 1. The van der Waals surface area contributed by atoms with Gasteiger partial charge in [0.25, 0.3) is 0 Å². The van der Waals surface area contributed by atoms with Gasteiger partial charge in [-0.25, -0.2) is 10.8 Å². The average molecular weight is 293 g/mol. The molecule has 0 radical (unpaired) electrons. The number of likely N-dealkylation sites (N-methyl/N-ethyl adjacent to an activating group) is 1. The number of aromatic nitrogens is 1. The Bertz CT molecular complexity index is 420. The van der Waals surface area contributed by atoms with Crippen molar-refractivity contribution in [1.29, 1.82) is 0 Å². The molecule has 0 aromatic carbocycles. The Kier molecular flexibility index (Phi) is 5.04. The Labute approximate surface area is 117 Å². The van der Waals surface area contributed by atoms with Crippen molar-refractivity contribution in [1.82, 2.24) is 4.98 Å². The predicted octanol–water partition coefficient (Wildman–Crippen LogP) is 2.27. The summed E-state index contributed by atoms with van der Waals surface area (Å²) in [4.78, 5) is 6.12. The molecule has 0 aliphatic carbocycles. The lowest BCUT2D eigenvalue weighted by Gasteiger charge is -2.29. The zero-order valence-corrected chi connectivity index (χ0v) is 12.2. The van der Waals surface area contributed by atoms with Crippen LogP contribution in [0.2, 0.25) is 10.0 Å². The number of halogens is 2. The van der Waals surface area contributed by atoms with Crippen LogP contribution in [0.1, 0.15) is 20.8 Å². The van der Waals surface area contributed by atoms with Crippen molar-refractivity contribution in [2.24, 2.45) is 5.84 Å². The number of hydrazine groups is 1. The van der Waals surface area contributed by atoms with Crippen LogP contribution in [-0.4, -0.2) is 28.8 Å². The van der Waals surface area contributed by atoms with E-state index >= 15 is 0 Å². The number of nitrogens with two attached hydrogens (primary N) is 1. The van der Waals surface area contributed by atoms with E-state index in [1.165, 1.54) is 0 Å². The SMILES string of the molecule is CCN(CC(C)(C)O)c1nc(NN)c(Cl)cc1Cl. The van der Waals surface area contributed by atoms with Crippen molar-refractivity contribution in [3.05, 3.63) is 16.1 Å². The maximum absolute atomic E-state index is 9.87. The van der Waals surface area contributed by atoms with Gasteiger partial charge in [-0.15, -0.1) is 0 Å². The Balaban J connectivity index is 3.13. The van der Waals surface area contributed by atoms with Crippen LogP contribution in [0.5, 0.6) is 0 Å². The first-order valence-electron chi connectivity index (χ1n) is 5.58. The molecule has 1 aromatic rings. The van der Waals surface area contributed by atoms with Crippen molar-refractivity contribution < 1.29 is 5.11 Å². The highest BCUT2D eigenvalue weighted by atomic mass is 35.5. The van der Waals surface area contributed by atoms with Crippen molar-refractivity contribution in [2.75, 3.05) is 23.4 Å². The van der Waals surface area contributed by atoms with E-state index in [-0.39, 0.29) is 0 Å². The van der Waals surface area contributed by atoms with E-state index in [1.807, 2.05) is 11.8 Å². The molecule has 0 saturated heterocycles. The third kappa shape index (κ3) is 3.88. The standard InChI is InChI=1S/C11H18Cl2N4O/c1-4-17(6-11(2,3)18)10-8(13)5-7(12)9(15-10)16-14/h5,18H,4,6,14H2,1-3H3,(H,15,16). The zero-order chi connectivity index (χ0) is 13.9. The largest absolute Gasteiger partial charge is 0.389 e. The number of nitrogens with zero attached hydrogens (tertiary/aromatic N) is 2. The summed E-state index contributed by atoms with van der Waals surface area (Å²) in [6, 6.07) is 1.58. The number of aliphatic hydroxyl groups is 1. The summed E-state index contributed by atoms with van der Waals surface area (Å²) in [5, 5.41) is 10.6. The monoisotopic (exact) mass is 292 g/mol. The highest BCUT2D eigenvalue weighted by molar-refractivity contribution is 6.37. The van der Waals surface area contributed by atoms with E-state index in [0.29, 0.717) is 34.8 Å². The van der Waals surface area contributed by atoms with Gasteiger partial charge in [0.15, 0.2) is 5.82 Å². The smallest absolute Gasteiger partial charge is 0.161 e. The van der Waals surface area contributed by atoms with Gasteiger partial charge in [0.1, 0.15) is 5.82 Å². The second-order valence-corrected chi connectivity index (χ2v) is 5.41. The van der Waals surface area contributed by atoms with Gasteiger partial charge in [-0.2, -0.15) is 0 Å². The minimum atomic E-state index is -0.850. The Morgan fingerprint density at radius 3 is 2.50 bits per heavy atom. The molecule has 102 valence electrons. The summed E-state index contributed by atoms with van der Waals surface area (Å²) in [5.74, 6) is 6.22. The number of anilines is 2. The zero-order valence-electron chi connectivity index (χ0n) is 10.7. The molecule has 0 spiro atoms. The molecule has 0 aliphatic heterocycles. The van der Waals surface area contributed by atoms with E-state index < -0.39 is 5.60 Å². The van der Waals surface area contributed by atoms with Gasteiger partial charge >= 0.3 is 0 Å². The third-order valence-electron chi connectivity index (χ3n) is 2.31. The van der Waals surface area contributed by atoms with E-state index in [4.69, 9.17) is 29.0 Å². The number of nitrogen functional groups attached to an aromatic ring is 1. The maximum Gasteiger partial charge on any atom is 0.161 e. The fraction of sp³-hybridized carbons (Fsp3) is 0.545. The molecule has 18 heavy (non-hydrogen) atoms. The van der Waals surface area contributed by atoms with Gasteiger partial charge in [0, 0.05) is 13.1 Å². The molecule has 0 fully saturated rings. The summed E-state index contributed by atoms with van der Waals surface area (Å²) < 4.78 is 0. The summed E-state index contributed by atoms with van der Waals surface area (Å²) in [6.45, 7) is 6.46. The summed E-state index contributed by atoms with van der Waals surface area (Å²) in [7, 11) is 0. The molecule has 1 rings (SSSR count). The molecule has 0 aliphatic rings. The Morgan fingerprint density at radius 1 is 1.44 bits per heavy atom. The molecule has 7 heteroatoms. The van der Waals surface area contributed by atoms with Crippen molar-refractivity contribution in [2.45, 2.75) is 26.4 Å². The fourth-order valence-electron chi connectivity index (χ4n) is 1.58. The lowest BCUT2D eigenvalue weighted by Crippen LogP contribution is -2.39. The summed E-state index contributed by atoms with van der Waals surface area (Å²) >= 11 is 12.0. The lowest BCUT2D eigenvalue weighted by atomic mass is 10.1. The molecular weight excluding hydrogens is 275 g/mol. The Hall–Kier alpha value is -0.750. The summed E-state index contributed by atoms with van der Waals surface area (Å²) in [6.07, 6.45) is 0. The van der Waals surface area contributed by atoms with Crippen molar-refractivity contribution in [3.8, 4) is 0 Å². The van der Waals surface area contributed by atoms with Crippen LogP contribution >= 0.6 is 23.2 Å². The van der Waals surface area contributed by atoms with E-state index in [0.717, 1.165) is 0 Å². The van der Waals surface area contributed by atoms with Crippen LogP contribution in [-0.2, 0) is 0 Å². The topological polar surface area (TPSA) is 74.4 Å². The van der Waals surface area contributed by atoms with Gasteiger partial charge in [-0.1, -0.05) is 23.2 Å². The molecule has 0 unspecified atom stereocenters. The molecular formula is C11H18Cl2N4O. The second kappa shape index (κ2) is 5.93. The van der Waals surface area contributed by atoms with E-state index in [1.54, 1.807) is 19.9 Å². The molecule has 1 aromatic heterocycles. The van der Waals surface area contributed by atoms with E-state index in [2.05, 4.69) is 10.4 Å². The van der Waals surface area contributed by atoms with Gasteiger partial charge in [0.2, 0.25) is 0 Å². The highest BCUT2D eigenvalue weighted by Gasteiger charge is 2.21. The van der Waals surface area contributed by atoms with Crippen LogP contribution < -0.4 is 16.2 Å². The average Bonchev–Trinajstić information content (AvgIpc) is 2.25. The second-order valence-electron chi connectivity index (χ2n) is 4.60. The van der Waals surface area contributed by atoms with E-state index in [9.17, 15) is 5.11 Å². The number of hydrogen-bond donors (Lipinski definition) is 3. The van der Waals surface area contributed by atoms with Gasteiger partial charge in [-0.3, -0.25) is 0 Å². The number of hydrogen-bond acceptors (Lipinski definition) is 5.